The summed E-state index contributed by atoms with van der Waals surface area (Å²) in [5.74, 6) is 0.0694. The first kappa shape index (κ1) is 19.4. The summed E-state index contributed by atoms with van der Waals surface area (Å²) < 4.78 is 0. The summed E-state index contributed by atoms with van der Waals surface area (Å²) in [6, 6.07) is 0. The summed E-state index contributed by atoms with van der Waals surface area (Å²) in [5, 5.41) is 25.4. The molecule has 0 aliphatic carbocycles. The van der Waals surface area contributed by atoms with Crippen molar-refractivity contribution >= 4 is 0 Å². The van der Waals surface area contributed by atoms with Crippen LogP contribution in [0.15, 0.2) is 0 Å². The Kier molecular flexibility index (Phi) is 26.8. The van der Waals surface area contributed by atoms with Crippen molar-refractivity contribution in [3.63, 3.8) is 0 Å². The Morgan fingerprint density at radius 1 is 0.818 bits per heavy atom. The Balaban J connectivity index is -0.000000320. The standard InChI is InChI=1S/C6H14O3.2Ac/c7-3-1-6(5-9)2-4-8;;/h6-9H,1-5H2;;. The van der Waals surface area contributed by atoms with Gasteiger partial charge in [0.25, 0.3) is 0 Å². The fourth-order valence-electron chi connectivity index (χ4n) is 0.692. The van der Waals surface area contributed by atoms with Crippen LogP contribution >= 0.6 is 0 Å². The van der Waals surface area contributed by atoms with Crippen LogP contribution in [0.4, 0.5) is 0 Å². The number of hydrogen-bond acceptors (Lipinski definition) is 3. The van der Waals surface area contributed by atoms with E-state index in [1.807, 2.05) is 0 Å². The van der Waals surface area contributed by atoms with Crippen LogP contribution in [0.1, 0.15) is 12.8 Å². The van der Waals surface area contributed by atoms with E-state index >= 15 is 0 Å². The average Bonchev–Trinajstić information content (AvgIpc) is 1.88. The Hall–Kier alpha value is 2.76. The fraction of sp³-hybridized carbons (Fsp3) is 1.00. The number of aliphatic hydroxyl groups is 3. The van der Waals surface area contributed by atoms with Crippen LogP contribution in [-0.4, -0.2) is 35.1 Å². The zero-order valence-corrected chi connectivity index (χ0v) is 16.1. The molecule has 0 aliphatic heterocycles. The van der Waals surface area contributed by atoms with Gasteiger partial charge in [-0.1, -0.05) is 0 Å². The molecule has 0 saturated carbocycles. The van der Waals surface area contributed by atoms with E-state index in [9.17, 15) is 0 Å². The van der Waals surface area contributed by atoms with Crippen molar-refractivity contribution in [2.75, 3.05) is 19.8 Å². The minimum Gasteiger partial charge on any atom is -0.396 e. The molecule has 0 aliphatic rings. The summed E-state index contributed by atoms with van der Waals surface area (Å²) in [6.45, 7) is 0.234. The number of rotatable bonds is 5. The summed E-state index contributed by atoms with van der Waals surface area (Å²) in [5.41, 5.74) is 0. The van der Waals surface area contributed by atoms with Crippen molar-refractivity contribution in [1.29, 1.82) is 0 Å². The molecule has 5 heteroatoms. The number of aliphatic hydroxyl groups excluding tert-OH is 3. The molecule has 0 fully saturated rings. The van der Waals surface area contributed by atoms with Crippen LogP contribution in [0.25, 0.3) is 0 Å². The maximum absolute atomic E-state index is 8.57. The molecule has 0 atom stereocenters. The van der Waals surface area contributed by atoms with Crippen LogP contribution < -0.4 is 0 Å². The average molecular weight is 588 g/mol. The predicted molar refractivity (Wildman–Crippen MR) is 34.0 cm³/mol. The van der Waals surface area contributed by atoms with Crippen molar-refractivity contribution in [2.45, 2.75) is 12.8 Å². The molecule has 3 N–H and O–H groups in total. The smallest absolute Gasteiger partial charge is 0.0460 e. The maximum atomic E-state index is 8.57. The van der Waals surface area contributed by atoms with Crippen molar-refractivity contribution in [2.24, 2.45) is 5.92 Å². The first-order valence-electron chi connectivity index (χ1n) is 3.17. The molecule has 0 saturated heterocycles. The van der Waals surface area contributed by atoms with E-state index < -0.39 is 0 Å². The molecule has 0 heterocycles. The largest absolute Gasteiger partial charge is 0.396 e. The van der Waals surface area contributed by atoms with Gasteiger partial charge in [0.2, 0.25) is 0 Å². The van der Waals surface area contributed by atoms with E-state index in [0.717, 1.165) is 0 Å². The van der Waals surface area contributed by atoms with Gasteiger partial charge in [0.05, 0.1) is 0 Å². The van der Waals surface area contributed by atoms with Gasteiger partial charge in [0, 0.05) is 108 Å². The molecular formula is C6H14Ac2O3. The van der Waals surface area contributed by atoms with Crippen molar-refractivity contribution in [3.05, 3.63) is 0 Å². The van der Waals surface area contributed by atoms with Crippen molar-refractivity contribution in [1.82, 2.24) is 0 Å². The van der Waals surface area contributed by atoms with Crippen molar-refractivity contribution in [3.8, 4) is 0 Å². The van der Waals surface area contributed by atoms with Crippen LogP contribution in [0.5, 0.6) is 0 Å². The quantitative estimate of drug-likeness (QED) is 0.401. The molecule has 0 rings (SSSR count). The Morgan fingerprint density at radius 3 is 1.36 bits per heavy atom. The molecule has 0 aromatic rings. The van der Waals surface area contributed by atoms with E-state index in [1.165, 1.54) is 0 Å². The Labute approximate surface area is 139 Å². The maximum Gasteiger partial charge on any atom is 0.0460 e. The van der Waals surface area contributed by atoms with Crippen LogP contribution in [0.2, 0.25) is 0 Å². The van der Waals surface area contributed by atoms with Gasteiger partial charge >= 0.3 is 0 Å². The van der Waals surface area contributed by atoms with Gasteiger partial charge in [-0.25, -0.2) is 0 Å². The second-order valence-electron chi connectivity index (χ2n) is 2.07. The zero-order chi connectivity index (χ0) is 7.11. The summed E-state index contributed by atoms with van der Waals surface area (Å²) >= 11 is 0. The van der Waals surface area contributed by atoms with Gasteiger partial charge < -0.3 is 15.3 Å². The third-order valence-electron chi connectivity index (χ3n) is 1.33. The second-order valence-corrected chi connectivity index (χ2v) is 2.07. The SMILES string of the molecule is OCCC(CO)CCO.[Ac].[Ac]. The topological polar surface area (TPSA) is 60.7 Å². The second kappa shape index (κ2) is 15.2. The van der Waals surface area contributed by atoms with Gasteiger partial charge in [0.15, 0.2) is 0 Å². The fourth-order valence-corrected chi connectivity index (χ4v) is 0.692. The molecule has 0 unspecified atom stereocenters. The van der Waals surface area contributed by atoms with E-state index in [1.54, 1.807) is 0 Å². The molecule has 3 nitrogen and oxygen atoms in total. The van der Waals surface area contributed by atoms with Gasteiger partial charge in [-0.05, 0) is 18.8 Å². The summed E-state index contributed by atoms with van der Waals surface area (Å²) in [6.07, 6.45) is 1.16. The predicted octanol–water partition coefficient (Wildman–Crippen LogP) is -0.640. The Bertz CT molecular complexity index is 57.8. The third kappa shape index (κ3) is 12.8. The number of hydrogen-bond donors (Lipinski definition) is 3. The summed E-state index contributed by atoms with van der Waals surface area (Å²) in [4.78, 5) is 0. The first-order valence-corrected chi connectivity index (χ1v) is 3.17. The van der Waals surface area contributed by atoms with E-state index in [-0.39, 0.29) is 114 Å². The molecule has 0 aromatic heterocycles. The van der Waals surface area contributed by atoms with Gasteiger partial charge in [-0.15, -0.1) is 0 Å². The molecule has 0 amide bonds. The molecule has 11 heavy (non-hydrogen) atoms. The molecule has 62 valence electrons. The van der Waals surface area contributed by atoms with Gasteiger partial charge in [0.1, 0.15) is 0 Å². The molecular weight excluding hydrogens is 574 g/mol. The van der Waals surface area contributed by atoms with Gasteiger partial charge in [-0.3, -0.25) is 0 Å². The monoisotopic (exact) mass is 588 g/mol. The van der Waals surface area contributed by atoms with E-state index in [2.05, 4.69) is 0 Å². The third-order valence-corrected chi connectivity index (χ3v) is 1.33. The first-order chi connectivity index (χ1) is 4.35. The van der Waals surface area contributed by atoms with Crippen LogP contribution in [0.3, 0.4) is 0 Å². The van der Waals surface area contributed by atoms with E-state index in [0.29, 0.717) is 12.8 Å². The zero-order valence-electron chi connectivity index (χ0n) is 6.61. The molecule has 0 spiro atoms. The minimum atomic E-state index is 0. The summed E-state index contributed by atoms with van der Waals surface area (Å²) in [7, 11) is 0. The van der Waals surface area contributed by atoms with E-state index in [4.69, 9.17) is 15.3 Å². The molecule has 0 aromatic carbocycles. The van der Waals surface area contributed by atoms with Crippen LogP contribution in [0, 0.1) is 94.0 Å². The van der Waals surface area contributed by atoms with Crippen molar-refractivity contribution < 1.29 is 103 Å². The Morgan fingerprint density at radius 2 is 1.18 bits per heavy atom. The van der Waals surface area contributed by atoms with Crippen LogP contribution in [-0.2, 0) is 0 Å². The molecule has 2 radical (unpaired) electrons. The molecule has 0 bridgehead atoms. The van der Waals surface area contributed by atoms with Gasteiger partial charge in [-0.2, -0.15) is 0 Å². The minimum absolute atomic E-state index is 0. The normalized spacial score (nSPS) is 8.73.